The summed E-state index contributed by atoms with van der Waals surface area (Å²) in [5, 5.41) is 6.42. The van der Waals surface area contributed by atoms with Crippen LogP contribution in [-0.4, -0.2) is 152 Å². The first-order valence-corrected chi connectivity index (χ1v) is 55.7. The number of hydrogen-bond donors (Lipinski definition) is 3. The third kappa shape index (κ3) is 42.4. The van der Waals surface area contributed by atoms with Crippen LogP contribution in [0, 0.1) is 62.3 Å². The molecule has 8 aromatic rings. The van der Waals surface area contributed by atoms with Gasteiger partial charge < -0.3 is 16.4 Å². The Kier molecular flexibility index (Phi) is 55.8. The molecule has 4 N–H and O–H groups in total. The van der Waals surface area contributed by atoms with E-state index in [1.165, 1.54) is 67.3 Å². The van der Waals surface area contributed by atoms with Gasteiger partial charge in [-0.3, -0.25) is 18.6 Å². The summed E-state index contributed by atoms with van der Waals surface area (Å²) in [6.45, 7) is 116. The molecule has 0 radical (unpaired) electrons. The highest BCUT2D eigenvalue weighted by Gasteiger charge is 2.35. The summed E-state index contributed by atoms with van der Waals surface area (Å²) in [5.74, 6) is 10.7. The first-order chi connectivity index (χ1) is 67.8. The maximum absolute atomic E-state index is 12.3. The van der Waals surface area contributed by atoms with Gasteiger partial charge in [-0.1, -0.05) is 277 Å². The van der Waals surface area contributed by atoms with E-state index in [4.69, 9.17) is 45.6 Å². The largest absolute Gasteiger partial charge is 0.322 e. The standard InChI is InChI=1S/2C17H29FN2.2C16H29N3.2C15H27N3.C14H22F2N2.C14H25N3/c2*1-11(2)14-13(4)19-16(12(3)9-8-10-18)20-15(14)17(5,6)7;2*1-10(2)13-11(3)17-15(12(4)19(8)9)18-14(13)16(5,6)7;2*1-9(2)12-10(3)17-14(11(4)16-8)18-13(12)15(5,6)7;1-8(2)13-10(4)17-14(18-11(13)5)9(3)6-7-12(15)16;1-8(2)11-10(4)16-13(9(3)15)17-12(11)14(5,6)7/h2*11-12H,8-10H2,1-7H3;2*10,12H,1-9H3;2*9,11,16H,1-8H3;8-9,12H,6-7H2,1-5H3;8-9H,15H2,1-7H3/t4*12-;2*11-;2*9-/m10101010/s1. The van der Waals surface area contributed by atoms with Crippen LogP contribution in [-0.2, 0) is 37.9 Å². The van der Waals surface area contributed by atoms with Crippen LogP contribution in [0.3, 0.4) is 0 Å². The molecular formula is C124H217F4N21. The summed E-state index contributed by atoms with van der Waals surface area (Å²) < 4.78 is 49.1. The maximum Gasteiger partial charge on any atom is 0.238 e. The van der Waals surface area contributed by atoms with Crippen molar-refractivity contribution in [1.82, 2.24) is 100 Å². The van der Waals surface area contributed by atoms with E-state index >= 15 is 0 Å². The summed E-state index contributed by atoms with van der Waals surface area (Å²) >= 11 is 0. The van der Waals surface area contributed by atoms with Crippen LogP contribution >= 0.6 is 0 Å². The van der Waals surface area contributed by atoms with E-state index in [0.717, 1.165) is 122 Å². The number of halogens is 4. The molecular weight excluding hydrogens is 1860 g/mol. The second-order valence-electron chi connectivity index (χ2n) is 52.1. The van der Waals surface area contributed by atoms with Gasteiger partial charge in [0.15, 0.2) is 0 Å². The average Bonchev–Trinajstić information content (AvgIpc) is 0.795. The molecule has 0 aliphatic carbocycles. The van der Waals surface area contributed by atoms with Crippen LogP contribution in [0.2, 0.25) is 0 Å². The Bertz CT molecular complexity index is 5130. The van der Waals surface area contributed by atoms with Crippen molar-refractivity contribution in [3.8, 4) is 0 Å². The van der Waals surface area contributed by atoms with Crippen molar-refractivity contribution in [2.45, 2.75) is 552 Å². The SMILES string of the molecule is CN[C@@H](C)c1nc(C)c(C(C)C)c(C(C)(C)C)n1.CN[C@H](C)c1nc(C)c(C(C)C)c(C(C)(C)C)n1.Cc1nc([C@@H](C)CCCF)nc(C(C)(C)C)c1C(C)C.Cc1nc([C@@H](C)N(C)C)nc(C(C)(C)C)c1C(C)C.Cc1nc([C@H](C)CCC(F)F)nc(C)c1C(C)C.Cc1nc([C@H](C)CCCF)nc(C(C)(C)C)c1C(C)C.Cc1nc([C@H](C)N(C)C)nc(C(C)(C)C)c1C(C)C.Cc1nc([C@H](C)N)nc(C(C)(C)C)c1C(C)C. The van der Waals surface area contributed by atoms with Gasteiger partial charge in [-0.15, -0.1) is 0 Å². The fourth-order valence-electron chi connectivity index (χ4n) is 18.5. The number of aromatic nitrogens is 16. The fraction of sp³-hybridized carbons (Fsp3) is 0.742. The van der Waals surface area contributed by atoms with Gasteiger partial charge in [0.05, 0.1) is 83.4 Å². The zero-order chi connectivity index (χ0) is 116. The van der Waals surface area contributed by atoms with E-state index < -0.39 is 6.43 Å². The fourth-order valence-corrected chi connectivity index (χ4v) is 18.5. The number of hydrogen-bond acceptors (Lipinski definition) is 21. The second-order valence-corrected chi connectivity index (χ2v) is 52.1. The quantitative estimate of drug-likeness (QED) is 0.0368. The monoisotopic (exact) mass is 2080 g/mol. The molecule has 0 spiro atoms. The highest BCUT2D eigenvalue weighted by molar-refractivity contribution is 5.41. The number of nitrogens with one attached hydrogen (secondary N) is 2. The van der Waals surface area contributed by atoms with E-state index in [-0.39, 0.29) is 106 Å². The molecule has 0 aliphatic rings. The molecule has 8 heterocycles. The predicted octanol–water partition coefficient (Wildman–Crippen LogP) is 32.3. The summed E-state index contributed by atoms with van der Waals surface area (Å²) in [6.07, 6.45) is 0.873. The predicted molar refractivity (Wildman–Crippen MR) is 625 cm³/mol. The van der Waals surface area contributed by atoms with Crippen LogP contribution in [0.25, 0.3) is 0 Å². The van der Waals surface area contributed by atoms with Crippen LogP contribution in [0.1, 0.15) is 628 Å². The van der Waals surface area contributed by atoms with E-state index in [0.29, 0.717) is 72.4 Å². The van der Waals surface area contributed by atoms with Crippen LogP contribution < -0.4 is 16.4 Å². The first kappa shape index (κ1) is 139. The lowest BCUT2D eigenvalue weighted by molar-refractivity contribution is 0.132. The number of nitrogens with zero attached hydrogens (tertiary/aromatic N) is 18. The Labute approximate surface area is 908 Å². The highest BCUT2D eigenvalue weighted by atomic mass is 19.3. The maximum atomic E-state index is 12.3. The summed E-state index contributed by atoms with van der Waals surface area (Å²) in [6, 6.07) is 0.732. The second kappa shape index (κ2) is 59.7. The minimum atomic E-state index is -2.25. The molecule has 0 aliphatic heterocycles. The van der Waals surface area contributed by atoms with E-state index in [1.807, 2.05) is 41.8 Å². The van der Waals surface area contributed by atoms with Gasteiger partial charge in [-0.05, 0) is 263 Å². The molecule has 8 aromatic heterocycles. The Morgan fingerprint density at radius 1 is 0.235 bits per heavy atom. The lowest BCUT2D eigenvalue weighted by Crippen LogP contribution is -2.25. The van der Waals surface area contributed by atoms with Gasteiger partial charge in [0.25, 0.3) is 0 Å². The Morgan fingerprint density at radius 2 is 0.396 bits per heavy atom. The highest BCUT2D eigenvalue weighted by Crippen LogP contribution is 2.41. The topological polar surface area (TPSA) is 263 Å². The molecule has 0 unspecified atom stereocenters. The minimum absolute atomic E-state index is 0.00185. The zero-order valence-corrected chi connectivity index (χ0v) is 106. The van der Waals surface area contributed by atoms with Gasteiger partial charge in [-0.25, -0.2) is 88.5 Å². The Hall–Kier alpha value is -7.84. The molecule has 21 nitrogen and oxygen atoms in total. The number of alkyl halides is 4. The smallest absolute Gasteiger partial charge is 0.238 e. The number of aryl methyl sites for hydroxylation is 9. The first-order valence-electron chi connectivity index (χ1n) is 55.7. The van der Waals surface area contributed by atoms with Crippen LogP contribution in [0.15, 0.2) is 0 Å². The molecule has 8 rings (SSSR count). The van der Waals surface area contributed by atoms with Crippen molar-refractivity contribution in [3.63, 3.8) is 0 Å². The molecule has 0 bridgehead atoms. The number of rotatable bonds is 29. The van der Waals surface area contributed by atoms with Crippen molar-refractivity contribution in [2.75, 3.05) is 55.6 Å². The van der Waals surface area contributed by atoms with Crippen molar-refractivity contribution in [2.24, 2.45) is 5.73 Å². The van der Waals surface area contributed by atoms with E-state index in [2.05, 4.69) is 435 Å². The van der Waals surface area contributed by atoms with Crippen molar-refractivity contribution < 1.29 is 17.6 Å². The lowest BCUT2D eigenvalue weighted by Gasteiger charge is -2.27. The van der Waals surface area contributed by atoms with Gasteiger partial charge in [-0.2, -0.15) is 0 Å². The lowest BCUT2D eigenvalue weighted by atomic mass is 9.84. The van der Waals surface area contributed by atoms with Gasteiger partial charge >= 0.3 is 0 Å². The summed E-state index contributed by atoms with van der Waals surface area (Å²) in [4.78, 5) is 79.8. The molecule has 25 heteroatoms. The van der Waals surface area contributed by atoms with Gasteiger partial charge in [0, 0.05) is 113 Å². The Balaban J connectivity index is 0.000000852. The van der Waals surface area contributed by atoms with Gasteiger partial charge in [0.2, 0.25) is 6.43 Å². The molecule has 846 valence electrons. The van der Waals surface area contributed by atoms with Crippen LogP contribution in [0.5, 0.6) is 0 Å². The summed E-state index contributed by atoms with van der Waals surface area (Å²) in [7, 11) is 12.1. The summed E-state index contributed by atoms with van der Waals surface area (Å²) in [5.41, 5.74) is 34.1. The van der Waals surface area contributed by atoms with E-state index in [9.17, 15) is 17.6 Å². The average molecular weight is 2080 g/mol. The van der Waals surface area contributed by atoms with Crippen molar-refractivity contribution in [3.05, 3.63) is 182 Å². The molecule has 0 saturated heterocycles. The molecule has 8 atom stereocenters. The number of nitrogens with two attached hydrogens (primary N) is 1. The third-order valence-corrected chi connectivity index (χ3v) is 27.0. The van der Waals surface area contributed by atoms with Crippen molar-refractivity contribution >= 4 is 0 Å². The van der Waals surface area contributed by atoms with Gasteiger partial charge in [0.1, 0.15) is 46.6 Å². The minimum Gasteiger partial charge on any atom is -0.322 e. The Morgan fingerprint density at radius 3 is 0.570 bits per heavy atom. The normalized spacial score (nSPS) is 14.0. The van der Waals surface area contributed by atoms with Crippen LogP contribution in [0.4, 0.5) is 17.6 Å². The molecule has 0 saturated carbocycles. The van der Waals surface area contributed by atoms with Crippen molar-refractivity contribution in [1.29, 1.82) is 0 Å². The molecule has 0 amide bonds. The zero-order valence-electron chi connectivity index (χ0n) is 106. The molecule has 0 fully saturated rings. The van der Waals surface area contributed by atoms with E-state index in [1.54, 1.807) is 0 Å². The molecule has 149 heavy (non-hydrogen) atoms. The third-order valence-electron chi connectivity index (χ3n) is 27.0. The molecule has 0 aromatic carbocycles.